The van der Waals surface area contributed by atoms with E-state index in [1.807, 2.05) is 6.92 Å². The lowest BCUT2D eigenvalue weighted by atomic mass is 9.81. The standard InChI is InChI=1S/C25H40F2N8/c1-4-35(30)21(14-28)17(3)32-23(19-10-12-25(26,27)13-11-19)20-15-31-24(33-20)34-22(16(2)29)18-8-6-5-7-9-18/h14-15,18-19,23,29,32H,3-13,28,30H2,1-2H3,(H,31,33)/b21-14-,29-16?,34-22+. The zero-order chi connectivity index (χ0) is 25.6. The van der Waals surface area contributed by atoms with E-state index in [2.05, 4.69) is 21.9 Å². The van der Waals surface area contributed by atoms with Crippen LogP contribution < -0.4 is 16.9 Å². The minimum absolute atomic E-state index is 0.0576. The van der Waals surface area contributed by atoms with Gasteiger partial charge in [-0.2, -0.15) is 0 Å². The van der Waals surface area contributed by atoms with Crippen LogP contribution in [0.25, 0.3) is 0 Å². The van der Waals surface area contributed by atoms with Gasteiger partial charge in [-0.1, -0.05) is 25.8 Å². The predicted molar refractivity (Wildman–Crippen MR) is 136 cm³/mol. The molecule has 1 aromatic rings. The summed E-state index contributed by atoms with van der Waals surface area (Å²) in [4.78, 5) is 12.5. The average molecular weight is 491 g/mol. The highest BCUT2D eigenvalue weighted by Crippen LogP contribution is 2.42. The third kappa shape index (κ3) is 6.90. The van der Waals surface area contributed by atoms with Gasteiger partial charge in [0.05, 0.1) is 40.8 Å². The van der Waals surface area contributed by atoms with Crippen LogP contribution in [0.2, 0.25) is 0 Å². The fourth-order valence-corrected chi connectivity index (χ4v) is 5.16. The summed E-state index contributed by atoms with van der Waals surface area (Å²) < 4.78 is 27.8. The largest absolute Gasteiger partial charge is 0.403 e. The maximum atomic E-state index is 13.9. The first-order valence-electron chi connectivity index (χ1n) is 12.6. The molecular formula is C25H40F2N8. The summed E-state index contributed by atoms with van der Waals surface area (Å²) in [5, 5.41) is 13.1. The normalized spacial score (nSPS) is 20.9. The average Bonchev–Trinajstić information content (AvgIpc) is 3.30. The van der Waals surface area contributed by atoms with Gasteiger partial charge in [0.25, 0.3) is 0 Å². The zero-order valence-electron chi connectivity index (χ0n) is 20.9. The lowest BCUT2D eigenvalue weighted by molar-refractivity contribution is -0.0495. The second-order valence-electron chi connectivity index (χ2n) is 9.75. The van der Waals surface area contributed by atoms with E-state index in [9.17, 15) is 8.78 Å². The third-order valence-electron chi connectivity index (χ3n) is 7.20. The molecule has 2 saturated carbocycles. The van der Waals surface area contributed by atoms with Crippen LogP contribution in [0.3, 0.4) is 0 Å². The Bertz CT molecular complexity index is 935. The number of aliphatic imine (C=N–C) groups is 1. The minimum atomic E-state index is -2.63. The highest BCUT2D eigenvalue weighted by atomic mass is 19.3. The number of aromatic nitrogens is 2. The number of hydrazine groups is 1. The predicted octanol–water partition coefficient (Wildman–Crippen LogP) is 5.07. The Kier molecular flexibility index (Phi) is 9.04. The van der Waals surface area contributed by atoms with Gasteiger partial charge in [-0.3, -0.25) is 0 Å². The Morgan fingerprint density at radius 2 is 2.00 bits per heavy atom. The van der Waals surface area contributed by atoms with Crippen LogP contribution >= 0.6 is 0 Å². The molecule has 2 aliphatic carbocycles. The molecule has 0 radical (unpaired) electrons. The van der Waals surface area contributed by atoms with E-state index in [4.69, 9.17) is 22.0 Å². The van der Waals surface area contributed by atoms with E-state index in [1.165, 1.54) is 17.6 Å². The van der Waals surface area contributed by atoms with E-state index >= 15 is 0 Å². The second kappa shape index (κ2) is 11.8. The van der Waals surface area contributed by atoms with Gasteiger partial charge in [-0.15, -0.1) is 0 Å². The van der Waals surface area contributed by atoms with E-state index in [0.29, 0.717) is 42.4 Å². The molecule has 7 N–H and O–H groups in total. The molecule has 2 fully saturated rings. The van der Waals surface area contributed by atoms with E-state index in [-0.39, 0.29) is 30.7 Å². The number of alkyl halides is 2. The first kappa shape index (κ1) is 26.8. The monoisotopic (exact) mass is 490 g/mol. The number of nitrogens with one attached hydrogen (secondary N) is 3. The van der Waals surface area contributed by atoms with Crippen molar-refractivity contribution in [1.29, 1.82) is 5.41 Å². The van der Waals surface area contributed by atoms with Crippen LogP contribution in [0.15, 0.2) is 35.4 Å². The van der Waals surface area contributed by atoms with Crippen molar-refractivity contribution in [2.45, 2.75) is 83.6 Å². The molecule has 2 aliphatic rings. The van der Waals surface area contributed by atoms with Crippen molar-refractivity contribution in [3.8, 4) is 0 Å². The van der Waals surface area contributed by atoms with Gasteiger partial charge in [0, 0.05) is 31.5 Å². The number of aromatic amines is 1. The molecule has 194 valence electrons. The van der Waals surface area contributed by atoms with Crippen LogP contribution in [0.1, 0.15) is 83.4 Å². The molecular weight excluding hydrogens is 450 g/mol. The number of halogens is 2. The van der Waals surface area contributed by atoms with Crippen LogP contribution in [-0.4, -0.2) is 38.9 Å². The van der Waals surface area contributed by atoms with Gasteiger partial charge in [0.2, 0.25) is 11.9 Å². The number of likely N-dealkylation sites (N-methyl/N-ethyl adjacent to an activating group) is 1. The maximum Gasteiger partial charge on any atom is 0.248 e. The Morgan fingerprint density at radius 1 is 1.34 bits per heavy atom. The van der Waals surface area contributed by atoms with Gasteiger partial charge in [0.15, 0.2) is 0 Å². The van der Waals surface area contributed by atoms with Crippen molar-refractivity contribution < 1.29 is 8.78 Å². The van der Waals surface area contributed by atoms with Crippen LogP contribution in [-0.2, 0) is 0 Å². The Balaban J connectivity index is 1.87. The van der Waals surface area contributed by atoms with Gasteiger partial charge in [-0.25, -0.2) is 24.6 Å². The lowest BCUT2D eigenvalue weighted by Gasteiger charge is -2.35. The minimum Gasteiger partial charge on any atom is -0.403 e. The first-order valence-corrected chi connectivity index (χ1v) is 12.6. The molecule has 1 unspecified atom stereocenters. The van der Waals surface area contributed by atoms with E-state index in [1.54, 1.807) is 13.1 Å². The van der Waals surface area contributed by atoms with Crippen molar-refractivity contribution in [3.05, 3.63) is 36.1 Å². The van der Waals surface area contributed by atoms with Crippen molar-refractivity contribution in [1.82, 2.24) is 20.3 Å². The molecule has 3 rings (SSSR count). The molecule has 0 spiro atoms. The van der Waals surface area contributed by atoms with Crippen molar-refractivity contribution in [2.24, 2.45) is 28.4 Å². The summed E-state index contributed by atoms with van der Waals surface area (Å²) in [6, 6.07) is -0.338. The highest BCUT2D eigenvalue weighted by Gasteiger charge is 2.39. The van der Waals surface area contributed by atoms with Crippen molar-refractivity contribution in [2.75, 3.05) is 6.54 Å². The number of nitrogens with two attached hydrogens (primary N) is 2. The molecule has 0 amide bonds. The van der Waals surface area contributed by atoms with E-state index < -0.39 is 5.92 Å². The molecule has 8 nitrogen and oxygen atoms in total. The molecule has 1 atom stereocenters. The molecule has 1 aromatic heterocycles. The Morgan fingerprint density at radius 3 is 2.57 bits per heavy atom. The summed E-state index contributed by atoms with van der Waals surface area (Å²) in [5.41, 5.74) is 8.80. The van der Waals surface area contributed by atoms with Crippen molar-refractivity contribution >= 4 is 17.4 Å². The smallest absolute Gasteiger partial charge is 0.248 e. The SMILES string of the molecule is C=C(NC(c1cnc(/N=C(\C(C)=N)C2CCCCC2)[nH]1)C1CCC(F)(F)CC1)/C(=C/N)N(N)CC. The first-order chi connectivity index (χ1) is 16.6. The fourth-order valence-electron chi connectivity index (χ4n) is 5.16. The quantitative estimate of drug-likeness (QED) is 0.135. The summed E-state index contributed by atoms with van der Waals surface area (Å²) >= 11 is 0. The van der Waals surface area contributed by atoms with Gasteiger partial charge in [0.1, 0.15) is 0 Å². The van der Waals surface area contributed by atoms with Crippen molar-refractivity contribution in [3.63, 3.8) is 0 Å². The molecule has 0 aromatic carbocycles. The Labute approximate surface area is 206 Å². The second-order valence-corrected chi connectivity index (χ2v) is 9.75. The molecule has 10 heteroatoms. The van der Waals surface area contributed by atoms with Gasteiger partial charge in [-0.05, 0) is 45.4 Å². The van der Waals surface area contributed by atoms with Gasteiger partial charge < -0.3 is 26.5 Å². The summed E-state index contributed by atoms with van der Waals surface area (Å²) in [7, 11) is 0. The summed E-state index contributed by atoms with van der Waals surface area (Å²) in [5.74, 6) is 4.05. The molecule has 35 heavy (non-hydrogen) atoms. The topological polar surface area (TPSA) is 132 Å². The van der Waals surface area contributed by atoms with Crippen LogP contribution in [0.5, 0.6) is 0 Å². The number of hydrogen-bond acceptors (Lipinski definition) is 7. The number of rotatable bonds is 10. The maximum absolute atomic E-state index is 13.9. The lowest BCUT2D eigenvalue weighted by Crippen LogP contribution is -2.38. The third-order valence-corrected chi connectivity index (χ3v) is 7.20. The molecule has 0 saturated heterocycles. The molecule has 1 heterocycles. The van der Waals surface area contributed by atoms with Crippen LogP contribution in [0, 0.1) is 17.2 Å². The molecule has 0 aliphatic heterocycles. The molecule has 0 bridgehead atoms. The summed E-state index contributed by atoms with van der Waals surface area (Å²) in [6.07, 6.45) is 9.08. The number of nitrogens with zero attached hydrogens (tertiary/aromatic N) is 3. The van der Waals surface area contributed by atoms with Gasteiger partial charge >= 0.3 is 0 Å². The number of hydrogen-bond donors (Lipinski definition) is 5. The Hall–Kier alpha value is -2.75. The van der Waals surface area contributed by atoms with E-state index in [0.717, 1.165) is 37.1 Å². The summed E-state index contributed by atoms with van der Waals surface area (Å²) in [6.45, 7) is 8.29. The van der Waals surface area contributed by atoms with Crippen LogP contribution in [0.4, 0.5) is 14.7 Å². The fraction of sp³-hybridized carbons (Fsp3) is 0.640. The highest BCUT2D eigenvalue weighted by molar-refractivity contribution is 6.41. The zero-order valence-corrected chi connectivity index (χ0v) is 20.9. The number of H-pyrrole nitrogens is 1. The number of imidazole rings is 1.